The zero-order valence-corrected chi connectivity index (χ0v) is 6.15. The number of aromatic nitrogens is 1. The molecular formula is C8H6N2O2. The molecule has 0 aliphatic heterocycles. The molecule has 4 heteroatoms. The highest BCUT2D eigenvalue weighted by Crippen LogP contribution is 2.19. The number of H-pyrrole nitrogens is 1. The van der Waals surface area contributed by atoms with Gasteiger partial charge in [0.25, 0.3) is 5.69 Å². The van der Waals surface area contributed by atoms with E-state index in [4.69, 9.17) is 0 Å². The Morgan fingerprint density at radius 3 is 2.75 bits per heavy atom. The first-order valence-corrected chi connectivity index (χ1v) is 3.48. The van der Waals surface area contributed by atoms with E-state index in [1.54, 1.807) is 24.5 Å². The number of nitro benzene ring substituents is 1. The van der Waals surface area contributed by atoms with Gasteiger partial charge in [-0.05, 0) is 11.5 Å². The highest BCUT2D eigenvalue weighted by atomic mass is 16.6. The van der Waals surface area contributed by atoms with Crippen molar-refractivity contribution in [2.75, 3.05) is 0 Å². The van der Waals surface area contributed by atoms with Gasteiger partial charge in [0.15, 0.2) is 0 Å². The Morgan fingerprint density at radius 1 is 1.25 bits per heavy atom. The second-order valence-electron chi connectivity index (χ2n) is 2.53. The van der Waals surface area contributed by atoms with Gasteiger partial charge in [-0.25, -0.2) is 0 Å². The Labute approximate surface area is 68.0 Å². The molecule has 12 heavy (non-hydrogen) atoms. The third-order valence-corrected chi connectivity index (χ3v) is 1.76. The van der Waals surface area contributed by atoms with Crippen molar-refractivity contribution in [3.63, 3.8) is 0 Å². The van der Waals surface area contributed by atoms with Crippen molar-refractivity contribution in [1.82, 2.24) is 4.98 Å². The van der Waals surface area contributed by atoms with Gasteiger partial charge in [-0.2, -0.15) is 0 Å². The summed E-state index contributed by atoms with van der Waals surface area (Å²) in [5.74, 6) is 0. The Hall–Kier alpha value is -1.84. The molecule has 2 aromatic rings. The fourth-order valence-corrected chi connectivity index (χ4v) is 1.15. The van der Waals surface area contributed by atoms with Gasteiger partial charge in [-0.15, -0.1) is 0 Å². The van der Waals surface area contributed by atoms with E-state index >= 15 is 0 Å². The van der Waals surface area contributed by atoms with Crippen molar-refractivity contribution < 1.29 is 4.92 Å². The van der Waals surface area contributed by atoms with Gasteiger partial charge in [0.2, 0.25) is 0 Å². The van der Waals surface area contributed by atoms with Crippen LogP contribution in [0.15, 0.2) is 30.6 Å². The third kappa shape index (κ3) is 0.934. The number of non-ortho nitro benzene ring substituents is 1. The van der Waals surface area contributed by atoms with Crippen LogP contribution in [0, 0.1) is 10.1 Å². The van der Waals surface area contributed by atoms with Gasteiger partial charge < -0.3 is 4.98 Å². The summed E-state index contributed by atoms with van der Waals surface area (Å²) in [5, 5.41) is 12.2. The summed E-state index contributed by atoms with van der Waals surface area (Å²) >= 11 is 0. The smallest absolute Gasteiger partial charge is 0.270 e. The Balaban J connectivity index is 2.68. The molecule has 60 valence electrons. The summed E-state index contributed by atoms with van der Waals surface area (Å²) in [6, 6.07) is 4.77. The van der Waals surface area contributed by atoms with Gasteiger partial charge in [-0.1, -0.05) is 0 Å². The summed E-state index contributed by atoms with van der Waals surface area (Å²) in [7, 11) is 0. The van der Waals surface area contributed by atoms with Crippen LogP contribution in [0.2, 0.25) is 0 Å². The minimum atomic E-state index is -0.396. The first-order chi connectivity index (χ1) is 5.77. The molecule has 1 heterocycles. The van der Waals surface area contributed by atoms with Crippen LogP contribution in [0.25, 0.3) is 10.8 Å². The molecular weight excluding hydrogens is 156 g/mol. The largest absolute Gasteiger partial charge is 0.366 e. The maximum Gasteiger partial charge on any atom is 0.270 e. The van der Waals surface area contributed by atoms with Gasteiger partial charge in [0, 0.05) is 29.9 Å². The molecule has 0 bridgehead atoms. The fraction of sp³-hybridized carbons (Fsp3) is 0. The third-order valence-electron chi connectivity index (χ3n) is 1.76. The predicted octanol–water partition coefficient (Wildman–Crippen LogP) is 2.08. The first-order valence-electron chi connectivity index (χ1n) is 3.48. The Morgan fingerprint density at radius 2 is 2.00 bits per heavy atom. The monoisotopic (exact) mass is 162 g/mol. The van der Waals surface area contributed by atoms with Crippen LogP contribution in [0.4, 0.5) is 5.69 Å². The lowest BCUT2D eigenvalue weighted by Gasteiger charge is -1.89. The van der Waals surface area contributed by atoms with Crippen molar-refractivity contribution >= 4 is 16.5 Å². The highest BCUT2D eigenvalue weighted by molar-refractivity contribution is 5.84. The molecule has 0 saturated carbocycles. The van der Waals surface area contributed by atoms with Crippen LogP contribution < -0.4 is 0 Å². The zero-order chi connectivity index (χ0) is 8.55. The van der Waals surface area contributed by atoms with Crippen molar-refractivity contribution in [2.24, 2.45) is 0 Å². The molecule has 0 unspecified atom stereocenters. The predicted molar refractivity (Wildman–Crippen MR) is 45.0 cm³/mol. The van der Waals surface area contributed by atoms with E-state index in [1.165, 1.54) is 6.07 Å². The SMILES string of the molecule is O=[N+]([O-])c1ccc2c[nH]cc2c1. The van der Waals surface area contributed by atoms with Crippen molar-refractivity contribution in [1.29, 1.82) is 0 Å². The number of fused-ring (bicyclic) bond motifs is 1. The number of nitro groups is 1. The van der Waals surface area contributed by atoms with Gasteiger partial charge in [0.05, 0.1) is 4.92 Å². The molecule has 2 rings (SSSR count). The molecule has 4 nitrogen and oxygen atoms in total. The molecule has 0 aliphatic carbocycles. The van der Waals surface area contributed by atoms with E-state index in [2.05, 4.69) is 4.98 Å². The maximum absolute atomic E-state index is 10.4. The molecule has 0 atom stereocenters. The number of aromatic amines is 1. The molecule has 0 amide bonds. The lowest BCUT2D eigenvalue weighted by Crippen LogP contribution is -1.85. The number of benzene rings is 1. The van der Waals surface area contributed by atoms with Crippen molar-refractivity contribution in [2.45, 2.75) is 0 Å². The second kappa shape index (κ2) is 2.34. The molecule has 0 fully saturated rings. The lowest BCUT2D eigenvalue weighted by molar-refractivity contribution is -0.384. The normalized spacial score (nSPS) is 10.3. The minimum absolute atomic E-state index is 0.127. The van der Waals surface area contributed by atoms with Gasteiger partial charge in [0.1, 0.15) is 0 Å². The van der Waals surface area contributed by atoms with E-state index in [0.29, 0.717) is 0 Å². The molecule has 1 aromatic heterocycles. The van der Waals surface area contributed by atoms with Crippen LogP contribution >= 0.6 is 0 Å². The first kappa shape index (κ1) is 6.84. The standard InChI is InChI=1S/C8H6N2O2/c11-10(12)8-2-1-6-4-9-5-7(6)3-8/h1-5,9H. The van der Waals surface area contributed by atoms with Crippen LogP contribution in [0.5, 0.6) is 0 Å². The van der Waals surface area contributed by atoms with Crippen LogP contribution in [-0.2, 0) is 0 Å². The van der Waals surface area contributed by atoms with E-state index in [1.807, 2.05) is 0 Å². The summed E-state index contributed by atoms with van der Waals surface area (Å²) in [4.78, 5) is 12.8. The summed E-state index contributed by atoms with van der Waals surface area (Å²) in [5.41, 5.74) is 0.127. The highest BCUT2D eigenvalue weighted by Gasteiger charge is 2.05. The second-order valence-corrected chi connectivity index (χ2v) is 2.53. The van der Waals surface area contributed by atoms with Crippen LogP contribution in [-0.4, -0.2) is 9.91 Å². The van der Waals surface area contributed by atoms with E-state index in [9.17, 15) is 10.1 Å². The molecule has 0 aliphatic rings. The summed E-state index contributed by atoms with van der Waals surface area (Å²) in [6.45, 7) is 0. The van der Waals surface area contributed by atoms with E-state index < -0.39 is 4.92 Å². The number of hydrogen-bond donors (Lipinski definition) is 1. The van der Waals surface area contributed by atoms with Crippen LogP contribution in [0.1, 0.15) is 0 Å². The quantitative estimate of drug-likeness (QED) is 0.515. The average Bonchev–Trinajstić information content (AvgIpc) is 2.49. The maximum atomic E-state index is 10.4. The minimum Gasteiger partial charge on any atom is -0.366 e. The average molecular weight is 162 g/mol. The number of nitrogens with one attached hydrogen (secondary N) is 1. The molecule has 1 aromatic carbocycles. The molecule has 0 saturated heterocycles. The van der Waals surface area contributed by atoms with E-state index in [-0.39, 0.29) is 5.69 Å². The van der Waals surface area contributed by atoms with Crippen LogP contribution in [0.3, 0.4) is 0 Å². The Bertz CT molecular complexity index is 433. The number of nitrogens with zero attached hydrogens (tertiary/aromatic N) is 1. The van der Waals surface area contributed by atoms with Gasteiger partial charge in [-0.3, -0.25) is 10.1 Å². The number of hydrogen-bond acceptors (Lipinski definition) is 2. The Kier molecular flexibility index (Phi) is 1.33. The molecule has 0 radical (unpaired) electrons. The van der Waals surface area contributed by atoms with Crippen molar-refractivity contribution in [3.05, 3.63) is 40.7 Å². The zero-order valence-electron chi connectivity index (χ0n) is 6.15. The van der Waals surface area contributed by atoms with Gasteiger partial charge >= 0.3 is 0 Å². The summed E-state index contributed by atoms with van der Waals surface area (Å²) < 4.78 is 0. The van der Waals surface area contributed by atoms with E-state index in [0.717, 1.165) is 10.8 Å². The fourth-order valence-electron chi connectivity index (χ4n) is 1.15. The lowest BCUT2D eigenvalue weighted by atomic mass is 10.2. The molecule has 0 spiro atoms. The molecule has 1 N–H and O–H groups in total. The van der Waals surface area contributed by atoms with Crippen molar-refractivity contribution in [3.8, 4) is 0 Å². The topological polar surface area (TPSA) is 58.9 Å². The summed E-state index contributed by atoms with van der Waals surface area (Å²) in [6.07, 6.45) is 3.54. The number of rotatable bonds is 1.